The second-order valence-electron chi connectivity index (χ2n) is 4.81. The molecule has 0 fully saturated rings. The van der Waals surface area contributed by atoms with Gasteiger partial charge in [0.2, 0.25) is 0 Å². The van der Waals surface area contributed by atoms with Crippen LogP contribution in [0.1, 0.15) is 37.9 Å². The van der Waals surface area contributed by atoms with Crippen LogP contribution in [-0.4, -0.2) is 31.1 Å². The van der Waals surface area contributed by atoms with E-state index in [9.17, 15) is 0 Å². The number of nitrogens with two attached hydrogens (primary N) is 1. The van der Waals surface area contributed by atoms with Gasteiger partial charge in [-0.25, -0.2) is 0 Å². The Morgan fingerprint density at radius 2 is 1.94 bits per heavy atom. The van der Waals surface area contributed by atoms with E-state index in [4.69, 9.17) is 10.5 Å². The molecule has 1 rings (SSSR count). The van der Waals surface area contributed by atoms with Crippen molar-refractivity contribution in [1.82, 2.24) is 4.90 Å². The highest BCUT2D eigenvalue weighted by Crippen LogP contribution is 2.25. The minimum atomic E-state index is 0.265. The fourth-order valence-electron chi connectivity index (χ4n) is 2.53. The summed E-state index contributed by atoms with van der Waals surface area (Å²) >= 11 is 0. The summed E-state index contributed by atoms with van der Waals surface area (Å²) in [7, 11) is 1.73. The van der Waals surface area contributed by atoms with Crippen molar-refractivity contribution < 1.29 is 4.74 Å². The smallest absolute Gasteiger partial charge is 0.0716 e. The Balaban J connectivity index is 3.07. The van der Waals surface area contributed by atoms with Crippen molar-refractivity contribution in [2.45, 2.75) is 39.5 Å². The standard InChI is InChI=1S/C15H26N2O/c1-5-17(12(2)3)15(10-16)14-9-7-6-8-13(14)11-18-4/h6-9,12,15H,5,10-11,16H2,1-4H3. The number of rotatable bonds is 7. The van der Waals surface area contributed by atoms with E-state index in [1.165, 1.54) is 11.1 Å². The number of methoxy groups -OCH3 is 1. The van der Waals surface area contributed by atoms with Gasteiger partial charge >= 0.3 is 0 Å². The maximum absolute atomic E-state index is 6.00. The van der Waals surface area contributed by atoms with Gasteiger partial charge in [-0.1, -0.05) is 31.2 Å². The minimum absolute atomic E-state index is 0.265. The number of nitrogens with zero attached hydrogens (tertiary/aromatic N) is 1. The lowest BCUT2D eigenvalue weighted by atomic mass is 9.98. The van der Waals surface area contributed by atoms with Crippen LogP contribution >= 0.6 is 0 Å². The Labute approximate surface area is 111 Å². The van der Waals surface area contributed by atoms with Crippen LogP contribution in [0.2, 0.25) is 0 Å². The quantitative estimate of drug-likeness (QED) is 0.808. The first kappa shape index (κ1) is 15.2. The zero-order valence-electron chi connectivity index (χ0n) is 12.0. The average molecular weight is 250 g/mol. The molecule has 1 atom stereocenters. The van der Waals surface area contributed by atoms with Crippen molar-refractivity contribution in [3.05, 3.63) is 35.4 Å². The molecule has 3 heteroatoms. The van der Waals surface area contributed by atoms with Crippen LogP contribution in [0.4, 0.5) is 0 Å². The summed E-state index contributed by atoms with van der Waals surface area (Å²) < 4.78 is 5.28. The van der Waals surface area contributed by atoms with Crippen molar-refractivity contribution in [3.8, 4) is 0 Å². The fraction of sp³-hybridized carbons (Fsp3) is 0.600. The number of hydrogen-bond donors (Lipinski definition) is 1. The van der Waals surface area contributed by atoms with Crippen LogP contribution in [0.25, 0.3) is 0 Å². The molecule has 0 saturated heterocycles. The molecule has 0 radical (unpaired) electrons. The average Bonchev–Trinajstić information content (AvgIpc) is 2.36. The van der Waals surface area contributed by atoms with Gasteiger partial charge in [0.1, 0.15) is 0 Å². The van der Waals surface area contributed by atoms with Gasteiger partial charge in [0.25, 0.3) is 0 Å². The lowest BCUT2D eigenvalue weighted by molar-refractivity contribution is 0.157. The van der Waals surface area contributed by atoms with Crippen LogP contribution in [0.3, 0.4) is 0 Å². The van der Waals surface area contributed by atoms with Crippen LogP contribution in [-0.2, 0) is 11.3 Å². The highest BCUT2D eigenvalue weighted by molar-refractivity contribution is 5.30. The Hall–Kier alpha value is -0.900. The number of benzene rings is 1. The molecule has 18 heavy (non-hydrogen) atoms. The summed E-state index contributed by atoms with van der Waals surface area (Å²) in [5.74, 6) is 0. The lowest BCUT2D eigenvalue weighted by Gasteiger charge is -2.34. The molecule has 0 aliphatic carbocycles. The molecule has 0 aromatic heterocycles. The topological polar surface area (TPSA) is 38.5 Å². The van der Waals surface area contributed by atoms with Crippen molar-refractivity contribution in [3.63, 3.8) is 0 Å². The van der Waals surface area contributed by atoms with E-state index in [1.807, 2.05) is 0 Å². The normalized spacial score (nSPS) is 13.3. The highest BCUT2D eigenvalue weighted by atomic mass is 16.5. The van der Waals surface area contributed by atoms with E-state index in [0.717, 1.165) is 6.54 Å². The van der Waals surface area contributed by atoms with E-state index in [1.54, 1.807) is 7.11 Å². The largest absolute Gasteiger partial charge is 0.380 e. The van der Waals surface area contributed by atoms with Gasteiger partial charge in [0, 0.05) is 25.7 Å². The summed E-state index contributed by atoms with van der Waals surface area (Å²) in [4.78, 5) is 2.43. The van der Waals surface area contributed by atoms with Gasteiger partial charge in [-0.05, 0) is 31.5 Å². The zero-order chi connectivity index (χ0) is 13.5. The molecule has 2 N–H and O–H groups in total. The summed E-state index contributed by atoms with van der Waals surface area (Å²) in [6.45, 7) is 8.88. The lowest BCUT2D eigenvalue weighted by Crippen LogP contribution is -2.39. The van der Waals surface area contributed by atoms with Crippen molar-refractivity contribution in [1.29, 1.82) is 0 Å². The first-order valence-corrected chi connectivity index (χ1v) is 6.68. The maximum atomic E-state index is 6.00. The Kier molecular flexibility index (Phi) is 6.33. The molecule has 0 aliphatic heterocycles. The molecule has 0 spiro atoms. The van der Waals surface area contributed by atoms with Crippen molar-refractivity contribution in [2.75, 3.05) is 20.2 Å². The second kappa shape index (κ2) is 7.52. The van der Waals surface area contributed by atoms with Gasteiger partial charge in [0.15, 0.2) is 0 Å². The second-order valence-corrected chi connectivity index (χ2v) is 4.81. The zero-order valence-corrected chi connectivity index (χ0v) is 12.0. The summed E-state index contributed by atoms with van der Waals surface area (Å²) in [5.41, 5.74) is 8.52. The van der Waals surface area contributed by atoms with Gasteiger partial charge in [-0.15, -0.1) is 0 Å². The molecule has 1 aromatic carbocycles. The van der Waals surface area contributed by atoms with Gasteiger partial charge in [0.05, 0.1) is 6.61 Å². The maximum Gasteiger partial charge on any atom is 0.0716 e. The number of hydrogen-bond acceptors (Lipinski definition) is 3. The van der Waals surface area contributed by atoms with Crippen molar-refractivity contribution >= 4 is 0 Å². The van der Waals surface area contributed by atoms with Gasteiger partial charge in [-0.2, -0.15) is 0 Å². The van der Waals surface area contributed by atoms with Gasteiger partial charge in [-0.3, -0.25) is 4.90 Å². The van der Waals surface area contributed by atoms with Crippen LogP contribution in [0.5, 0.6) is 0 Å². The molecular weight excluding hydrogens is 224 g/mol. The fourth-order valence-corrected chi connectivity index (χ4v) is 2.53. The molecule has 3 nitrogen and oxygen atoms in total. The third-order valence-electron chi connectivity index (χ3n) is 3.37. The first-order valence-electron chi connectivity index (χ1n) is 6.68. The highest BCUT2D eigenvalue weighted by Gasteiger charge is 2.22. The molecule has 1 unspecified atom stereocenters. The minimum Gasteiger partial charge on any atom is -0.380 e. The molecule has 1 aromatic rings. The van der Waals surface area contributed by atoms with E-state index in [2.05, 4.69) is 49.9 Å². The first-order chi connectivity index (χ1) is 8.65. The predicted molar refractivity (Wildman–Crippen MR) is 76.5 cm³/mol. The molecule has 0 amide bonds. The van der Waals surface area contributed by atoms with Crippen LogP contribution in [0, 0.1) is 0 Å². The monoisotopic (exact) mass is 250 g/mol. The van der Waals surface area contributed by atoms with E-state index >= 15 is 0 Å². The summed E-state index contributed by atoms with van der Waals surface area (Å²) in [5, 5.41) is 0. The number of ether oxygens (including phenoxy) is 1. The Bertz CT molecular complexity index is 352. The predicted octanol–water partition coefficient (Wildman–Crippen LogP) is 2.56. The van der Waals surface area contributed by atoms with Crippen LogP contribution in [0.15, 0.2) is 24.3 Å². The Morgan fingerprint density at radius 3 is 2.44 bits per heavy atom. The van der Waals surface area contributed by atoms with Crippen molar-refractivity contribution in [2.24, 2.45) is 5.73 Å². The SMILES string of the molecule is CCN(C(C)C)C(CN)c1ccccc1COC. The van der Waals surface area contributed by atoms with E-state index in [-0.39, 0.29) is 6.04 Å². The third kappa shape index (κ3) is 3.55. The summed E-state index contributed by atoms with van der Waals surface area (Å²) in [6, 6.07) is 9.16. The number of likely N-dealkylation sites (N-methyl/N-ethyl adjacent to an activating group) is 1. The third-order valence-corrected chi connectivity index (χ3v) is 3.37. The van der Waals surface area contributed by atoms with E-state index < -0.39 is 0 Å². The van der Waals surface area contributed by atoms with Gasteiger partial charge < -0.3 is 10.5 Å². The molecule has 0 bridgehead atoms. The molecule has 0 heterocycles. The molecule has 0 saturated carbocycles. The molecular formula is C15H26N2O. The van der Waals surface area contributed by atoms with E-state index in [0.29, 0.717) is 19.2 Å². The summed E-state index contributed by atoms with van der Waals surface area (Å²) in [6.07, 6.45) is 0. The molecule has 102 valence electrons. The van der Waals surface area contributed by atoms with Crippen LogP contribution < -0.4 is 5.73 Å². The Morgan fingerprint density at radius 1 is 1.28 bits per heavy atom. The molecule has 0 aliphatic rings.